The highest BCUT2D eigenvalue weighted by Gasteiger charge is 2.15. The first-order valence-corrected chi connectivity index (χ1v) is 9.11. The Morgan fingerprint density at radius 2 is 2.12 bits per heavy atom. The highest BCUT2D eigenvalue weighted by Crippen LogP contribution is 2.30. The van der Waals surface area contributed by atoms with E-state index in [1.165, 1.54) is 0 Å². The molecule has 0 atom stereocenters. The molecule has 0 spiro atoms. The van der Waals surface area contributed by atoms with E-state index in [9.17, 15) is 4.79 Å². The zero-order valence-corrected chi connectivity index (χ0v) is 15.8. The largest absolute Gasteiger partial charge is 0.337 e. The van der Waals surface area contributed by atoms with Crippen molar-refractivity contribution in [2.24, 2.45) is 0 Å². The molecule has 2 heterocycles. The third-order valence-electron chi connectivity index (χ3n) is 4.05. The van der Waals surface area contributed by atoms with Crippen molar-refractivity contribution in [3.63, 3.8) is 0 Å². The second-order valence-corrected chi connectivity index (χ2v) is 7.30. The van der Waals surface area contributed by atoms with Gasteiger partial charge in [-0.15, -0.1) is 11.3 Å². The van der Waals surface area contributed by atoms with Crippen molar-refractivity contribution < 1.29 is 4.79 Å². The van der Waals surface area contributed by atoms with E-state index in [2.05, 4.69) is 10.1 Å². The van der Waals surface area contributed by atoms with Crippen molar-refractivity contribution in [3.05, 3.63) is 58.5 Å². The number of amides is 1. The Balaban J connectivity index is 1.80. The maximum absolute atomic E-state index is 12.8. The van der Waals surface area contributed by atoms with Gasteiger partial charge in [0.1, 0.15) is 0 Å². The number of carbonyl (C=O) groups is 1. The topological polar surface area (TPSA) is 51.0 Å². The summed E-state index contributed by atoms with van der Waals surface area (Å²) in [4.78, 5) is 20.1. The van der Waals surface area contributed by atoms with Crippen LogP contribution in [0.5, 0.6) is 0 Å². The maximum Gasteiger partial charge on any atom is 0.253 e. The molecule has 0 saturated carbocycles. The van der Waals surface area contributed by atoms with Crippen molar-refractivity contribution in [1.82, 2.24) is 19.7 Å². The van der Waals surface area contributed by atoms with Crippen LogP contribution in [0.1, 0.15) is 33.5 Å². The highest BCUT2D eigenvalue weighted by molar-refractivity contribution is 7.15. The minimum atomic E-state index is 0.00462. The molecule has 0 bridgehead atoms. The number of rotatable bonds is 5. The van der Waals surface area contributed by atoms with E-state index >= 15 is 0 Å². The van der Waals surface area contributed by atoms with Gasteiger partial charge in [0.2, 0.25) is 0 Å². The lowest BCUT2D eigenvalue weighted by Crippen LogP contribution is -2.26. The van der Waals surface area contributed by atoms with Gasteiger partial charge in [-0.05, 0) is 38.5 Å². The summed E-state index contributed by atoms with van der Waals surface area (Å²) in [6, 6.07) is 7.78. The quantitative estimate of drug-likeness (QED) is 0.698. The molecule has 0 aliphatic carbocycles. The minimum Gasteiger partial charge on any atom is -0.337 e. The summed E-state index contributed by atoms with van der Waals surface area (Å²) in [6.07, 6.45) is 3.79. The molecule has 0 saturated heterocycles. The van der Waals surface area contributed by atoms with Gasteiger partial charge >= 0.3 is 0 Å². The van der Waals surface area contributed by atoms with Gasteiger partial charge in [-0.1, -0.05) is 12.1 Å². The van der Waals surface area contributed by atoms with Crippen molar-refractivity contribution in [3.8, 4) is 10.4 Å². The molecule has 1 aromatic carbocycles. The lowest BCUT2D eigenvalue weighted by atomic mass is 10.1. The summed E-state index contributed by atoms with van der Waals surface area (Å²) >= 11 is 1.66. The van der Waals surface area contributed by atoms with Gasteiger partial charge in [0.25, 0.3) is 5.91 Å². The first-order valence-electron chi connectivity index (χ1n) is 8.29. The van der Waals surface area contributed by atoms with Crippen LogP contribution in [-0.2, 0) is 13.1 Å². The average Bonchev–Trinajstić information content (AvgIpc) is 3.19. The number of aromatic nitrogens is 3. The van der Waals surface area contributed by atoms with Crippen LogP contribution in [0.25, 0.3) is 10.4 Å². The molecule has 1 amide bonds. The summed E-state index contributed by atoms with van der Waals surface area (Å²) < 4.78 is 1.86. The number of hydrogen-bond acceptors (Lipinski definition) is 4. The molecular weight excluding hydrogens is 332 g/mol. The van der Waals surface area contributed by atoms with Crippen molar-refractivity contribution in [1.29, 1.82) is 0 Å². The zero-order valence-electron chi connectivity index (χ0n) is 15.0. The number of thiazole rings is 1. The van der Waals surface area contributed by atoms with Gasteiger partial charge in [0, 0.05) is 37.5 Å². The minimum absolute atomic E-state index is 0.00462. The lowest BCUT2D eigenvalue weighted by molar-refractivity contribution is 0.0785. The summed E-state index contributed by atoms with van der Waals surface area (Å²) in [7, 11) is 1.82. The molecule has 130 valence electrons. The second-order valence-electron chi connectivity index (χ2n) is 6.09. The van der Waals surface area contributed by atoms with E-state index < -0.39 is 0 Å². The third kappa shape index (κ3) is 3.79. The predicted molar refractivity (Wildman–Crippen MR) is 101 cm³/mol. The van der Waals surface area contributed by atoms with Crippen LogP contribution in [0.4, 0.5) is 0 Å². The van der Waals surface area contributed by atoms with E-state index in [0.29, 0.717) is 12.1 Å². The first kappa shape index (κ1) is 17.4. The number of nitrogens with zero attached hydrogens (tertiary/aromatic N) is 4. The Morgan fingerprint density at radius 1 is 1.32 bits per heavy atom. The molecule has 3 aromatic rings. The molecule has 25 heavy (non-hydrogen) atoms. The maximum atomic E-state index is 12.8. The van der Waals surface area contributed by atoms with Gasteiger partial charge in [0.15, 0.2) is 0 Å². The standard InChI is InChI=1S/C19H22N4OS/c1-5-23-12-15(10-20-23)11-22(4)19(24)17-8-6-7-16(9-17)18-13(2)21-14(3)25-18/h6-10,12H,5,11H2,1-4H3. The van der Waals surface area contributed by atoms with E-state index in [-0.39, 0.29) is 5.91 Å². The molecule has 6 heteroatoms. The van der Waals surface area contributed by atoms with Crippen LogP contribution < -0.4 is 0 Å². The molecule has 0 aliphatic rings. The Hall–Kier alpha value is -2.47. The molecule has 0 unspecified atom stereocenters. The Kier molecular flexibility index (Phi) is 4.99. The van der Waals surface area contributed by atoms with Crippen molar-refractivity contribution in [2.45, 2.75) is 33.9 Å². The van der Waals surface area contributed by atoms with Gasteiger partial charge in [-0.3, -0.25) is 9.48 Å². The fraction of sp³-hybridized carbons (Fsp3) is 0.316. The van der Waals surface area contributed by atoms with Crippen LogP contribution in [0.15, 0.2) is 36.7 Å². The molecule has 5 nitrogen and oxygen atoms in total. The summed E-state index contributed by atoms with van der Waals surface area (Å²) in [5, 5.41) is 5.30. The van der Waals surface area contributed by atoms with Crippen LogP contribution in [0.2, 0.25) is 0 Å². The number of carbonyl (C=O) groups excluding carboxylic acids is 1. The number of hydrogen-bond donors (Lipinski definition) is 0. The molecule has 0 radical (unpaired) electrons. The smallest absolute Gasteiger partial charge is 0.253 e. The SMILES string of the molecule is CCn1cc(CN(C)C(=O)c2cccc(-c3sc(C)nc3C)c2)cn1. The van der Waals surface area contributed by atoms with Crippen LogP contribution >= 0.6 is 11.3 Å². The van der Waals surface area contributed by atoms with Crippen LogP contribution in [0, 0.1) is 13.8 Å². The van der Waals surface area contributed by atoms with E-state index in [4.69, 9.17) is 0 Å². The second kappa shape index (κ2) is 7.19. The Bertz CT molecular complexity index is 896. The highest BCUT2D eigenvalue weighted by atomic mass is 32.1. The van der Waals surface area contributed by atoms with E-state index in [1.807, 2.05) is 69.2 Å². The van der Waals surface area contributed by atoms with Gasteiger partial charge < -0.3 is 4.90 Å². The average molecular weight is 354 g/mol. The van der Waals surface area contributed by atoms with Crippen LogP contribution in [0.3, 0.4) is 0 Å². The molecule has 0 N–H and O–H groups in total. The Morgan fingerprint density at radius 3 is 2.76 bits per heavy atom. The predicted octanol–water partition coefficient (Wildman–Crippen LogP) is 3.92. The normalized spacial score (nSPS) is 10.9. The van der Waals surface area contributed by atoms with Gasteiger partial charge in [-0.25, -0.2) is 4.98 Å². The summed E-state index contributed by atoms with van der Waals surface area (Å²) in [5.74, 6) is 0.00462. The summed E-state index contributed by atoms with van der Waals surface area (Å²) in [5.41, 5.74) is 3.77. The zero-order chi connectivity index (χ0) is 18.0. The monoisotopic (exact) mass is 354 g/mol. The molecular formula is C19H22N4OS. The fourth-order valence-corrected chi connectivity index (χ4v) is 3.74. The summed E-state index contributed by atoms with van der Waals surface area (Å²) in [6.45, 7) is 7.42. The van der Waals surface area contributed by atoms with Crippen molar-refractivity contribution >= 4 is 17.2 Å². The number of benzene rings is 1. The molecule has 0 fully saturated rings. The Labute approximate surface area is 151 Å². The third-order valence-corrected chi connectivity index (χ3v) is 5.17. The van der Waals surface area contributed by atoms with Crippen molar-refractivity contribution in [2.75, 3.05) is 7.05 Å². The van der Waals surface area contributed by atoms with E-state index in [0.717, 1.165) is 33.3 Å². The number of aryl methyl sites for hydroxylation is 3. The fourth-order valence-electron chi connectivity index (χ4n) is 2.82. The van der Waals surface area contributed by atoms with Gasteiger partial charge in [-0.2, -0.15) is 5.10 Å². The van der Waals surface area contributed by atoms with Crippen LogP contribution in [-0.4, -0.2) is 32.6 Å². The molecule has 2 aromatic heterocycles. The van der Waals surface area contributed by atoms with E-state index in [1.54, 1.807) is 16.2 Å². The molecule has 0 aliphatic heterocycles. The molecule has 3 rings (SSSR count). The van der Waals surface area contributed by atoms with Gasteiger partial charge in [0.05, 0.1) is 21.8 Å². The first-order chi connectivity index (χ1) is 12.0. The lowest BCUT2D eigenvalue weighted by Gasteiger charge is -2.16.